The highest BCUT2D eigenvalue weighted by Crippen LogP contribution is 2.30. The molecule has 2 aliphatic rings. The van der Waals surface area contributed by atoms with Gasteiger partial charge >= 0.3 is 0 Å². The number of hydrogen-bond acceptors (Lipinski definition) is 5. The molecule has 2 aromatic carbocycles. The summed E-state index contributed by atoms with van der Waals surface area (Å²) in [6, 6.07) is 12.1. The molecule has 7 nitrogen and oxygen atoms in total. The highest BCUT2D eigenvalue weighted by Gasteiger charge is 2.29. The van der Waals surface area contributed by atoms with Crippen LogP contribution in [-0.4, -0.2) is 51.0 Å². The molecule has 0 saturated carbocycles. The average Bonchev–Trinajstić information content (AvgIpc) is 2.77. The van der Waals surface area contributed by atoms with Crippen LogP contribution in [0.4, 0.5) is 0 Å². The Labute approximate surface area is 183 Å². The summed E-state index contributed by atoms with van der Waals surface area (Å²) in [5, 5.41) is 2.85. The average molecular weight is 445 g/mol. The number of fused-ring (bicyclic) bond motifs is 1. The molecule has 1 fully saturated rings. The zero-order valence-electron chi connectivity index (χ0n) is 17.8. The fourth-order valence-electron chi connectivity index (χ4n) is 3.85. The van der Waals surface area contributed by atoms with Crippen molar-refractivity contribution in [1.29, 1.82) is 0 Å². The van der Waals surface area contributed by atoms with E-state index >= 15 is 0 Å². The molecule has 2 heterocycles. The van der Waals surface area contributed by atoms with Crippen LogP contribution in [0.5, 0.6) is 11.5 Å². The molecule has 8 heteroatoms. The van der Waals surface area contributed by atoms with Crippen molar-refractivity contribution in [2.75, 3.05) is 26.2 Å². The molecule has 1 saturated heterocycles. The summed E-state index contributed by atoms with van der Waals surface area (Å²) in [4.78, 5) is 13.0. The minimum absolute atomic E-state index is 0.156. The SMILES string of the molecule is Cc1ccc(S(=O)(=O)N2CCC(C)CC2)cc1C(=O)NCC1COc2ccccc2O1. The predicted octanol–water partition coefficient (Wildman–Crippen LogP) is 2.99. The van der Waals surface area contributed by atoms with Crippen LogP contribution in [0.25, 0.3) is 0 Å². The lowest BCUT2D eigenvalue weighted by molar-refractivity contribution is 0.0789. The third-order valence-corrected chi connectivity index (χ3v) is 7.79. The molecule has 1 atom stereocenters. The van der Waals surface area contributed by atoms with Crippen LogP contribution in [0.2, 0.25) is 0 Å². The van der Waals surface area contributed by atoms with E-state index in [9.17, 15) is 13.2 Å². The number of sulfonamides is 1. The zero-order chi connectivity index (χ0) is 22.0. The Morgan fingerprint density at radius 1 is 1.13 bits per heavy atom. The Bertz CT molecular complexity index is 1060. The maximum absolute atomic E-state index is 13.1. The van der Waals surface area contributed by atoms with E-state index in [0.29, 0.717) is 42.7 Å². The van der Waals surface area contributed by atoms with Crippen molar-refractivity contribution in [3.8, 4) is 11.5 Å². The van der Waals surface area contributed by atoms with E-state index in [2.05, 4.69) is 12.2 Å². The number of piperidine rings is 1. The number of amides is 1. The third-order valence-electron chi connectivity index (χ3n) is 5.89. The summed E-state index contributed by atoms with van der Waals surface area (Å²) < 4.78 is 39.2. The molecule has 0 radical (unpaired) electrons. The van der Waals surface area contributed by atoms with Gasteiger partial charge in [0.1, 0.15) is 12.7 Å². The van der Waals surface area contributed by atoms with E-state index in [1.807, 2.05) is 24.3 Å². The van der Waals surface area contributed by atoms with Crippen LogP contribution in [0.3, 0.4) is 0 Å². The topological polar surface area (TPSA) is 84.9 Å². The summed E-state index contributed by atoms with van der Waals surface area (Å²) in [5.74, 6) is 1.53. The van der Waals surface area contributed by atoms with Gasteiger partial charge in [-0.05, 0) is 55.5 Å². The monoisotopic (exact) mass is 444 g/mol. The predicted molar refractivity (Wildman–Crippen MR) is 117 cm³/mol. The van der Waals surface area contributed by atoms with Crippen LogP contribution in [0.15, 0.2) is 47.4 Å². The minimum atomic E-state index is -3.62. The van der Waals surface area contributed by atoms with E-state index < -0.39 is 10.0 Å². The van der Waals surface area contributed by atoms with Crippen molar-refractivity contribution in [3.05, 3.63) is 53.6 Å². The molecule has 0 aliphatic carbocycles. The molecular weight excluding hydrogens is 416 g/mol. The quantitative estimate of drug-likeness (QED) is 0.766. The minimum Gasteiger partial charge on any atom is -0.486 e. The number of aryl methyl sites for hydroxylation is 1. The lowest BCUT2D eigenvalue weighted by Gasteiger charge is -2.29. The van der Waals surface area contributed by atoms with E-state index in [0.717, 1.165) is 18.4 Å². The van der Waals surface area contributed by atoms with Crippen LogP contribution in [0.1, 0.15) is 35.7 Å². The van der Waals surface area contributed by atoms with Gasteiger partial charge in [-0.25, -0.2) is 8.42 Å². The van der Waals surface area contributed by atoms with Crippen molar-refractivity contribution >= 4 is 15.9 Å². The Kier molecular flexibility index (Phi) is 6.20. The summed E-state index contributed by atoms with van der Waals surface area (Å²) in [6.45, 7) is 5.55. The van der Waals surface area contributed by atoms with Gasteiger partial charge in [-0.2, -0.15) is 4.31 Å². The smallest absolute Gasteiger partial charge is 0.251 e. The van der Waals surface area contributed by atoms with Crippen LogP contribution in [0, 0.1) is 12.8 Å². The van der Waals surface area contributed by atoms with Gasteiger partial charge in [-0.1, -0.05) is 25.1 Å². The van der Waals surface area contributed by atoms with Crippen molar-refractivity contribution in [1.82, 2.24) is 9.62 Å². The largest absolute Gasteiger partial charge is 0.486 e. The fourth-order valence-corrected chi connectivity index (χ4v) is 5.34. The number of nitrogens with zero attached hydrogens (tertiary/aromatic N) is 1. The number of benzene rings is 2. The molecule has 1 amide bonds. The second-order valence-corrected chi connectivity index (χ2v) is 10.2. The van der Waals surface area contributed by atoms with Gasteiger partial charge in [0.15, 0.2) is 11.5 Å². The van der Waals surface area contributed by atoms with Crippen molar-refractivity contribution < 1.29 is 22.7 Å². The highest BCUT2D eigenvalue weighted by molar-refractivity contribution is 7.89. The maximum atomic E-state index is 13.1. The van der Waals surface area contributed by atoms with Gasteiger partial charge in [0.2, 0.25) is 10.0 Å². The molecule has 1 N–H and O–H groups in total. The zero-order valence-corrected chi connectivity index (χ0v) is 18.7. The number of rotatable bonds is 5. The summed E-state index contributed by atoms with van der Waals surface area (Å²) >= 11 is 0. The Morgan fingerprint density at radius 2 is 1.84 bits per heavy atom. The lowest BCUT2D eigenvalue weighted by atomic mass is 10.0. The van der Waals surface area contributed by atoms with Crippen molar-refractivity contribution in [3.63, 3.8) is 0 Å². The van der Waals surface area contributed by atoms with Crippen LogP contribution < -0.4 is 14.8 Å². The molecule has 4 rings (SSSR count). The second kappa shape index (κ2) is 8.88. The van der Waals surface area contributed by atoms with E-state index in [1.54, 1.807) is 19.1 Å². The molecular formula is C23H28N2O5S. The number of ether oxygens (including phenoxy) is 2. The van der Waals surface area contributed by atoms with E-state index in [-0.39, 0.29) is 23.5 Å². The number of carbonyl (C=O) groups excluding carboxylic acids is 1. The maximum Gasteiger partial charge on any atom is 0.251 e. The standard InChI is InChI=1S/C23H28N2O5S/c1-16-9-11-25(12-10-16)31(27,28)19-8-7-17(2)20(13-19)23(26)24-14-18-15-29-21-5-3-4-6-22(21)30-18/h3-8,13,16,18H,9-12,14-15H2,1-2H3,(H,24,26). The molecule has 0 spiro atoms. The first-order chi connectivity index (χ1) is 14.8. The summed E-state index contributed by atoms with van der Waals surface area (Å²) in [5.41, 5.74) is 1.07. The van der Waals surface area contributed by atoms with Crippen LogP contribution >= 0.6 is 0 Å². The first-order valence-electron chi connectivity index (χ1n) is 10.6. The van der Waals surface area contributed by atoms with Gasteiger partial charge < -0.3 is 14.8 Å². The normalized spacial score (nSPS) is 19.7. The number of hydrogen-bond donors (Lipinski definition) is 1. The van der Waals surface area contributed by atoms with Gasteiger partial charge in [0.25, 0.3) is 5.91 Å². The fraction of sp³-hybridized carbons (Fsp3) is 0.435. The van der Waals surface area contributed by atoms with Gasteiger partial charge in [-0.3, -0.25) is 4.79 Å². The second-order valence-electron chi connectivity index (χ2n) is 8.27. The molecule has 0 bridgehead atoms. The summed E-state index contributed by atoms with van der Waals surface area (Å²) in [7, 11) is -3.62. The third kappa shape index (κ3) is 4.70. The van der Waals surface area contributed by atoms with Crippen LogP contribution in [-0.2, 0) is 10.0 Å². The van der Waals surface area contributed by atoms with Crippen molar-refractivity contribution in [2.45, 2.75) is 37.7 Å². The Morgan fingerprint density at radius 3 is 2.58 bits per heavy atom. The molecule has 0 aromatic heterocycles. The number of nitrogens with one attached hydrogen (secondary N) is 1. The molecule has 1 unspecified atom stereocenters. The Hall–Kier alpha value is -2.58. The molecule has 166 valence electrons. The van der Waals surface area contributed by atoms with Gasteiger partial charge in [-0.15, -0.1) is 0 Å². The van der Waals surface area contributed by atoms with E-state index in [4.69, 9.17) is 9.47 Å². The van der Waals surface area contributed by atoms with Gasteiger partial charge in [0.05, 0.1) is 11.4 Å². The van der Waals surface area contributed by atoms with Crippen molar-refractivity contribution in [2.24, 2.45) is 5.92 Å². The highest BCUT2D eigenvalue weighted by atomic mass is 32.2. The lowest BCUT2D eigenvalue weighted by Crippen LogP contribution is -2.41. The first-order valence-corrected chi connectivity index (χ1v) is 12.1. The molecule has 31 heavy (non-hydrogen) atoms. The van der Waals surface area contributed by atoms with Gasteiger partial charge in [0, 0.05) is 18.7 Å². The first kappa shape index (κ1) is 21.6. The number of para-hydroxylation sites is 2. The Balaban J connectivity index is 1.44. The molecule has 2 aromatic rings. The summed E-state index contributed by atoms with van der Waals surface area (Å²) in [6.07, 6.45) is 1.39. The van der Waals surface area contributed by atoms with E-state index in [1.165, 1.54) is 10.4 Å². The molecule has 2 aliphatic heterocycles. The number of carbonyl (C=O) groups is 1.